The number of benzene rings is 1. The lowest BCUT2D eigenvalue weighted by Gasteiger charge is -1.97. The molecule has 1 aromatic carbocycles. The highest BCUT2D eigenvalue weighted by molar-refractivity contribution is 6.31. The first-order valence-electron chi connectivity index (χ1n) is 3.76. The Morgan fingerprint density at radius 2 is 2.25 bits per heavy atom. The van der Waals surface area contributed by atoms with Crippen molar-refractivity contribution in [3.8, 4) is 0 Å². The quantitative estimate of drug-likeness (QED) is 0.562. The summed E-state index contributed by atoms with van der Waals surface area (Å²) in [6.45, 7) is 0. The molecule has 64 valence electrons. The number of nitrogens with one attached hydrogen (secondary N) is 1. The van der Waals surface area contributed by atoms with Gasteiger partial charge in [0.05, 0.1) is 0 Å². The van der Waals surface area contributed by atoms with Crippen molar-refractivity contribution in [1.82, 2.24) is 5.43 Å². The molecule has 3 heteroatoms. The summed E-state index contributed by atoms with van der Waals surface area (Å²) < 4.78 is 0. The lowest BCUT2D eigenvalue weighted by Crippen LogP contribution is -1.96. The lowest BCUT2D eigenvalue weighted by atomic mass is 10.2. The van der Waals surface area contributed by atoms with Gasteiger partial charge in [0.25, 0.3) is 0 Å². The Hall–Kier alpha value is -1.02. The van der Waals surface area contributed by atoms with Crippen LogP contribution in [0.2, 0.25) is 5.02 Å². The summed E-state index contributed by atoms with van der Waals surface area (Å²) in [5.74, 6) is 0. The minimum absolute atomic E-state index is 0.764. The van der Waals surface area contributed by atoms with Gasteiger partial charge >= 0.3 is 0 Å². The lowest BCUT2D eigenvalue weighted by molar-refractivity contribution is 0.903. The van der Waals surface area contributed by atoms with E-state index in [1.807, 2.05) is 24.3 Å². The molecular weight excluding hydrogens is 172 g/mol. The zero-order valence-electron chi connectivity index (χ0n) is 6.92. The molecule has 0 heterocycles. The van der Waals surface area contributed by atoms with E-state index in [-0.39, 0.29) is 0 Å². The van der Waals surface area contributed by atoms with Gasteiger partial charge in [0.15, 0.2) is 0 Å². The monoisotopic (exact) mass is 182 g/mol. The first kappa shape index (κ1) is 9.07. The second kappa shape index (κ2) is 4.78. The summed E-state index contributed by atoms with van der Waals surface area (Å²) >= 11 is 5.92. The number of nitrogens with zero attached hydrogens (tertiary/aromatic N) is 1. The van der Waals surface area contributed by atoms with E-state index in [0.29, 0.717) is 0 Å². The molecule has 0 amide bonds. The van der Waals surface area contributed by atoms with Crippen molar-refractivity contribution in [2.45, 2.75) is 6.42 Å². The average molecular weight is 183 g/mol. The van der Waals surface area contributed by atoms with Crippen molar-refractivity contribution in [1.29, 1.82) is 0 Å². The summed E-state index contributed by atoms with van der Waals surface area (Å²) in [5, 5.41) is 4.67. The molecule has 0 unspecified atom stereocenters. The maximum Gasteiger partial charge on any atom is 0.0441 e. The van der Waals surface area contributed by atoms with E-state index in [0.717, 1.165) is 17.0 Å². The van der Waals surface area contributed by atoms with Gasteiger partial charge in [0, 0.05) is 24.7 Å². The second-order valence-corrected chi connectivity index (χ2v) is 2.74. The van der Waals surface area contributed by atoms with Gasteiger partial charge in [-0.2, -0.15) is 5.10 Å². The minimum atomic E-state index is 0.764. The Labute approximate surface area is 77.2 Å². The third-order valence-corrected chi connectivity index (χ3v) is 1.86. The maximum atomic E-state index is 5.92. The van der Waals surface area contributed by atoms with E-state index in [2.05, 4.69) is 10.5 Å². The minimum Gasteiger partial charge on any atom is -0.313 e. The number of hydrogen-bond donors (Lipinski definition) is 1. The predicted octanol–water partition coefficient (Wildman–Crippen LogP) is 2.09. The molecule has 0 saturated carbocycles. The van der Waals surface area contributed by atoms with Crippen molar-refractivity contribution in [2.24, 2.45) is 5.10 Å². The van der Waals surface area contributed by atoms with Crippen molar-refractivity contribution >= 4 is 17.8 Å². The molecule has 0 aromatic heterocycles. The Morgan fingerprint density at radius 1 is 1.50 bits per heavy atom. The van der Waals surface area contributed by atoms with E-state index in [9.17, 15) is 0 Å². The molecule has 0 aliphatic carbocycles. The number of rotatable bonds is 3. The van der Waals surface area contributed by atoms with Gasteiger partial charge in [-0.1, -0.05) is 29.8 Å². The topological polar surface area (TPSA) is 24.4 Å². The molecule has 0 aliphatic heterocycles. The van der Waals surface area contributed by atoms with Crippen LogP contribution in [0.3, 0.4) is 0 Å². The van der Waals surface area contributed by atoms with Gasteiger partial charge in [0.2, 0.25) is 0 Å². The summed E-state index contributed by atoms with van der Waals surface area (Å²) in [6, 6.07) is 7.75. The van der Waals surface area contributed by atoms with Crippen LogP contribution in [0.4, 0.5) is 0 Å². The zero-order chi connectivity index (χ0) is 8.81. The highest BCUT2D eigenvalue weighted by Gasteiger charge is 1.94. The maximum absolute atomic E-state index is 5.92. The molecule has 1 N–H and O–H groups in total. The fraction of sp³-hybridized carbons (Fsp3) is 0.222. The van der Waals surface area contributed by atoms with Gasteiger partial charge in [-0.05, 0) is 11.6 Å². The van der Waals surface area contributed by atoms with Crippen LogP contribution >= 0.6 is 11.6 Å². The largest absolute Gasteiger partial charge is 0.313 e. The van der Waals surface area contributed by atoms with Gasteiger partial charge in [0.1, 0.15) is 0 Å². The molecule has 12 heavy (non-hydrogen) atoms. The van der Waals surface area contributed by atoms with Crippen molar-refractivity contribution in [2.75, 3.05) is 7.05 Å². The van der Waals surface area contributed by atoms with Crippen LogP contribution < -0.4 is 5.43 Å². The molecule has 2 nitrogen and oxygen atoms in total. The van der Waals surface area contributed by atoms with Gasteiger partial charge in [-0.15, -0.1) is 0 Å². The fourth-order valence-corrected chi connectivity index (χ4v) is 1.11. The van der Waals surface area contributed by atoms with Crippen LogP contribution in [0.25, 0.3) is 0 Å². The third kappa shape index (κ3) is 2.55. The van der Waals surface area contributed by atoms with Crippen LogP contribution in [0.15, 0.2) is 29.4 Å². The van der Waals surface area contributed by atoms with Crippen LogP contribution in [0.5, 0.6) is 0 Å². The van der Waals surface area contributed by atoms with Crippen molar-refractivity contribution in [3.05, 3.63) is 34.9 Å². The normalized spacial score (nSPS) is 10.5. The average Bonchev–Trinajstić information content (AvgIpc) is 2.09. The summed E-state index contributed by atoms with van der Waals surface area (Å²) in [6.07, 6.45) is 2.56. The summed E-state index contributed by atoms with van der Waals surface area (Å²) in [4.78, 5) is 0. The molecule has 1 aromatic rings. The Kier molecular flexibility index (Phi) is 3.61. The van der Waals surface area contributed by atoms with Gasteiger partial charge in [-0.3, -0.25) is 0 Å². The van der Waals surface area contributed by atoms with Crippen LogP contribution in [-0.4, -0.2) is 13.3 Å². The second-order valence-electron chi connectivity index (χ2n) is 2.33. The molecule has 0 spiro atoms. The molecule has 0 atom stereocenters. The van der Waals surface area contributed by atoms with Crippen molar-refractivity contribution in [3.63, 3.8) is 0 Å². The van der Waals surface area contributed by atoms with E-state index < -0.39 is 0 Å². The Bertz CT molecular complexity index is 271. The third-order valence-electron chi connectivity index (χ3n) is 1.49. The first-order chi connectivity index (χ1) is 5.84. The van der Waals surface area contributed by atoms with Gasteiger partial charge < -0.3 is 5.43 Å². The molecule has 0 radical (unpaired) electrons. The van der Waals surface area contributed by atoms with E-state index in [1.54, 1.807) is 13.3 Å². The van der Waals surface area contributed by atoms with Crippen molar-refractivity contribution < 1.29 is 0 Å². The standard InChI is InChI=1S/C9H11ClN2/c1-11-12-7-6-8-4-2-3-5-9(8)10/h2-5,7,11H,6H2,1H3. The smallest absolute Gasteiger partial charge is 0.0441 e. The first-order valence-corrected chi connectivity index (χ1v) is 4.14. The van der Waals surface area contributed by atoms with Crippen LogP contribution in [0, 0.1) is 0 Å². The number of hydrazone groups is 1. The molecular formula is C9H11ClN2. The SMILES string of the molecule is CNN=CCc1ccccc1Cl. The molecule has 0 saturated heterocycles. The number of hydrogen-bond acceptors (Lipinski definition) is 2. The van der Waals surface area contributed by atoms with E-state index >= 15 is 0 Å². The van der Waals surface area contributed by atoms with E-state index in [4.69, 9.17) is 11.6 Å². The molecule has 0 fully saturated rings. The van der Waals surface area contributed by atoms with Crippen LogP contribution in [-0.2, 0) is 6.42 Å². The van der Waals surface area contributed by atoms with Gasteiger partial charge in [-0.25, -0.2) is 0 Å². The molecule has 0 bridgehead atoms. The zero-order valence-corrected chi connectivity index (χ0v) is 7.67. The van der Waals surface area contributed by atoms with Crippen LogP contribution in [0.1, 0.15) is 5.56 Å². The summed E-state index contributed by atoms with van der Waals surface area (Å²) in [7, 11) is 1.77. The Morgan fingerprint density at radius 3 is 2.92 bits per heavy atom. The highest BCUT2D eigenvalue weighted by atomic mass is 35.5. The predicted molar refractivity (Wildman–Crippen MR) is 52.7 cm³/mol. The Balaban J connectivity index is 2.63. The summed E-state index contributed by atoms with van der Waals surface area (Å²) in [5.41, 5.74) is 3.78. The fourth-order valence-electron chi connectivity index (χ4n) is 0.899. The molecule has 1 rings (SSSR count). The number of halogens is 1. The molecule has 0 aliphatic rings. The van der Waals surface area contributed by atoms with E-state index in [1.165, 1.54) is 0 Å². The highest BCUT2D eigenvalue weighted by Crippen LogP contribution is 2.14.